The lowest BCUT2D eigenvalue weighted by atomic mass is 10.1. The molecule has 0 aromatic rings. The third kappa shape index (κ3) is 3.46. The zero-order chi connectivity index (χ0) is 12.3. The van der Waals surface area contributed by atoms with Gasteiger partial charge in [0, 0.05) is 0 Å². The lowest BCUT2D eigenvalue weighted by Gasteiger charge is -2.35. The van der Waals surface area contributed by atoms with Crippen molar-refractivity contribution in [2.75, 3.05) is 13.1 Å². The highest BCUT2D eigenvalue weighted by Crippen LogP contribution is 1.99. The van der Waals surface area contributed by atoms with E-state index in [1.54, 1.807) is 6.92 Å². The first kappa shape index (κ1) is 12.9. The Morgan fingerprint density at radius 1 is 1.38 bits per heavy atom. The molecule has 1 aliphatic rings. The van der Waals surface area contributed by atoms with Crippen molar-refractivity contribution in [2.24, 2.45) is 5.73 Å². The highest BCUT2D eigenvalue weighted by Gasteiger charge is 2.33. The smallest absolute Gasteiger partial charge is 0.319 e. The molecule has 92 valence electrons. The average Bonchev–Trinajstić information content (AvgIpc) is 2.13. The van der Waals surface area contributed by atoms with Crippen molar-refractivity contribution in [2.45, 2.75) is 39.0 Å². The van der Waals surface area contributed by atoms with Crippen LogP contribution < -0.4 is 16.0 Å². The van der Waals surface area contributed by atoms with Crippen LogP contribution in [0.25, 0.3) is 0 Å². The highest BCUT2D eigenvalue weighted by atomic mass is 16.5. The zero-order valence-corrected chi connectivity index (χ0v) is 9.95. The summed E-state index contributed by atoms with van der Waals surface area (Å²) in [6.07, 6.45) is 0.255. The number of imide groups is 1. The molecule has 1 rings (SSSR count). The molecule has 0 spiro atoms. The molecule has 6 heteroatoms. The fourth-order valence-corrected chi connectivity index (χ4v) is 2.08. The summed E-state index contributed by atoms with van der Waals surface area (Å²) in [5, 5.41) is 2.11. The summed E-state index contributed by atoms with van der Waals surface area (Å²) in [7, 11) is 0. The monoisotopic (exact) mass is 230 g/mol. The van der Waals surface area contributed by atoms with E-state index in [0.29, 0.717) is 0 Å². The third-order valence-corrected chi connectivity index (χ3v) is 2.82. The zero-order valence-electron chi connectivity index (χ0n) is 9.95. The van der Waals surface area contributed by atoms with Crippen LogP contribution >= 0.6 is 0 Å². The number of primary amides is 1. The van der Waals surface area contributed by atoms with E-state index in [9.17, 15) is 9.59 Å². The van der Waals surface area contributed by atoms with Crippen molar-refractivity contribution in [3.05, 3.63) is 0 Å². The number of ether oxygens (including phenoxy) is 1. The van der Waals surface area contributed by atoms with Gasteiger partial charge >= 0.3 is 6.03 Å². The number of nitrogens with one attached hydrogen (secondary N) is 2. The molecule has 0 saturated carbocycles. The maximum Gasteiger partial charge on any atom is 0.319 e. The Morgan fingerprint density at radius 2 is 1.88 bits per heavy atom. The lowest BCUT2D eigenvalue weighted by molar-refractivity contribution is -0.928. The molecule has 0 bridgehead atoms. The van der Waals surface area contributed by atoms with E-state index in [0.717, 1.165) is 18.0 Å². The van der Waals surface area contributed by atoms with E-state index in [1.165, 1.54) is 0 Å². The normalized spacial score (nSPS) is 31.8. The Labute approximate surface area is 95.1 Å². The van der Waals surface area contributed by atoms with Gasteiger partial charge in [-0.05, 0) is 20.8 Å². The quantitative estimate of drug-likeness (QED) is 0.526. The number of carbonyl (C=O) groups excluding carboxylic acids is 2. The Hall–Kier alpha value is -1.14. The summed E-state index contributed by atoms with van der Waals surface area (Å²) in [6.45, 7) is 7.27. The fourth-order valence-electron chi connectivity index (χ4n) is 2.08. The standard InChI is InChI=1S/C10H19N3O3/c1-6-4-13(5-7(2)16-6)8(3)9(14)12-10(11)15/h6-8H,4-5H2,1-3H3,(H3,11,12,14,15)/p+1/t6-,7+,8-/m0/s1. The van der Waals surface area contributed by atoms with Crippen LogP contribution in [0.1, 0.15) is 20.8 Å². The van der Waals surface area contributed by atoms with E-state index >= 15 is 0 Å². The second kappa shape index (κ2) is 5.27. The minimum absolute atomic E-state index is 0.127. The molecule has 3 amide bonds. The predicted octanol–water partition coefficient (Wildman–Crippen LogP) is -1.74. The topological polar surface area (TPSA) is 85.9 Å². The van der Waals surface area contributed by atoms with Gasteiger partial charge < -0.3 is 15.4 Å². The van der Waals surface area contributed by atoms with Gasteiger partial charge in [0.25, 0.3) is 5.91 Å². The highest BCUT2D eigenvalue weighted by molar-refractivity contribution is 5.95. The first-order valence-electron chi connectivity index (χ1n) is 5.50. The number of carbonyl (C=O) groups is 2. The molecule has 0 aromatic heterocycles. The van der Waals surface area contributed by atoms with Gasteiger partial charge in [-0.25, -0.2) is 4.79 Å². The Balaban J connectivity index is 2.55. The Bertz CT molecular complexity index is 272. The molecule has 4 atom stereocenters. The van der Waals surface area contributed by atoms with Crippen LogP contribution in [-0.4, -0.2) is 43.3 Å². The number of hydrogen-bond acceptors (Lipinski definition) is 3. The van der Waals surface area contributed by atoms with E-state index in [-0.39, 0.29) is 24.2 Å². The van der Waals surface area contributed by atoms with E-state index in [4.69, 9.17) is 10.5 Å². The molecule has 1 fully saturated rings. The van der Waals surface area contributed by atoms with Gasteiger partial charge in [0.2, 0.25) is 0 Å². The van der Waals surface area contributed by atoms with E-state index < -0.39 is 6.03 Å². The molecule has 1 saturated heterocycles. The predicted molar refractivity (Wildman–Crippen MR) is 57.9 cm³/mol. The summed E-state index contributed by atoms with van der Waals surface area (Å²) in [5.41, 5.74) is 4.91. The molecular formula is C10H20N3O3+. The molecule has 0 radical (unpaired) electrons. The van der Waals surface area contributed by atoms with E-state index in [2.05, 4.69) is 5.32 Å². The Morgan fingerprint density at radius 3 is 2.31 bits per heavy atom. The summed E-state index contributed by atoms with van der Waals surface area (Å²) >= 11 is 0. The van der Waals surface area contributed by atoms with Gasteiger partial charge in [0.15, 0.2) is 6.04 Å². The SMILES string of the molecule is C[C@@H]1C[NH+]([C@@H](C)C(=O)NC(N)=O)C[C@H](C)O1. The molecule has 0 aliphatic carbocycles. The third-order valence-electron chi connectivity index (χ3n) is 2.82. The molecule has 4 N–H and O–H groups in total. The molecule has 16 heavy (non-hydrogen) atoms. The van der Waals surface area contributed by atoms with Crippen molar-refractivity contribution < 1.29 is 19.2 Å². The van der Waals surface area contributed by atoms with Crippen LogP contribution in [-0.2, 0) is 9.53 Å². The van der Waals surface area contributed by atoms with Crippen molar-refractivity contribution in [1.82, 2.24) is 5.32 Å². The Kier molecular flexibility index (Phi) is 4.26. The molecule has 6 nitrogen and oxygen atoms in total. The maximum absolute atomic E-state index is 11.6. The second-order valence-electron chi connectivity index (χ2n) is 4.40. The largest absolute Gasteiger partial charge is 0.364 e. The fraction of sp³-hybridized carbons (Fsp3) is 0.800. The molecule has 0 aromatic carbocycles. The number of urea groups is 1. The van der Waals surface area contributed by atoms with Crippen LogP contribution in [0, 0.1) is 0 Å². The molecule has 1 heterocycles. The summed E-state index contributed by atoms with van der Waals surface area (Å²) < 4.78 is 5.58. The summed E-state index contributed by atoms with van der Waals surface area (Å²) in [5.74, 6) is -0.330. The van der Waals surface area contributed by atoms with Crippen LogP contribution in [0.5, 0.6) is 0 Å². The number of amides is 3. The molecule has 1 aliphatic heterocycles. The van der Waals surface area contributed by atoms with Gasteiger partial charge in [0.1, 0.15) is 25.3 Å². The minimum atomic E-state index is -0.800. The van der Waals surface area contributed by atoms with E-state index in [1.807, 2.05) is 13.8 Å². The van der Waals surface area contributed by atoms with Crippen molar-refractivity contribution >= 4 is 11.9 Å². The average molecular weight is 230 g/mol. The molecule has 1 unspecified atom stereocenters. The van der Waals surface area contributed by atoms with Crippen LogP contribution in [0.4, 0.5) is 4.79 Å². The minimum Gasteiger partial charge on any atom is -0.364 e. The first-order valence-corrected chi connectivity index (χ1v) is 5.50. The van der Waals surface area contributed by atoms with Crippen LogP contribution in [0.2, 0.25) is 0 Å². The first-order chi connectivity index (χ1) is 7.40. The number of morpholine rings is 1. The van der Waals surface area contributed by atoms with Crippen molar-refractivity contribution in [3.63, 3.8) is 0 Å². The van der Waals surface area contributed by atoms with Crippen LogP contribution in [0.3, 0.4) is 0 Å². The van der Waals surface area contributed by atoms with Crippen molar-refractivity contribution in [3.8, 4) is 0 Å². The van der Waals surface area contributed by atoms with Crippen LogP contribution in [0.15, 0.2) is 0 Å². The van der Waals surface area contributed by atoms with Gasteiger partial charge in [-0.15, -0.1) is 0 Å². The summed E-state index contributed by atoms with van der Waals surface area (Å²) in [6, 6.07) is -1.09. The van der Waals surface area contributed by atoms with Gasteiger partial charge in [0.05, 0.1) is 0 Å². The number of hydrogen-bond donors (Lipinski definition) is 3. The second-order valence-corrected chi connectivity index (χ2v) is 4.40. The molecular weight excluding hydrogens is 210 g/mol. The summed E-state index contributed by atoms with van der Waals surface area (Å²) in [4.78, 5) is 23.3. The maximum atomic E-state index is 11.6. The van der Waals surface area contributed by atoms with Gasteiger partial charge in [-0.1, -0.05) is 0 Å². The van der Waals surface area contributed by atoms with Crippen molar-refractivity contribution in [1.29, 1.82) is 0 Å². The number of quaternary nitrogens is 1. The lowest BCUT2D eigenvalue weighted by Crippen LogP contribution is -3.19. The number of nitrogens with two attached hydrogens (primary N) is 1. The van der Waals surface area contributed by atoms with Gasteiger partial charge in [-0.3, -0.25) is 10.1 Å². The van der Waals surface area contributed by atoms with Gasteiger partial charge in [-0.2, -0.15) is 0 Å². The number of rotatable bonds is 2.